The molecule has 8 heteroatoms. The Kier molecular flexibility index (Phi) is 8.56. The average Bonchev–Trinajstić information content (AvgIpc) is 2.68. The van der Waals surface area contributed by atoms with Gasteiger partial charge in [-0.1, -0.05) is 48.7 Å². The van der Waals surface area contributed by atoms with Crippen molar-refractivity contribution in [2.75, 3.05) is 20.5 Å². The zero-order chi connectivity index (χ0) is 21.6. The minimum absolute atomic E-state index is 0.179. The van der Waals surface area contributed by atoms with Crippen molar-refractivity contribution in [3.05, 3.63) is 56.3 Å². The SMILES string of the molecule is CCCCOCOC(=O)C1=C(C)NC(C)=C(C(=O)OC)[C@H]1c1cccc(Cl)c1Cl. The fourth-order valence-corrected chi connectivity index (χ4v) is 3.59. The number of carbonyl (C=O) groups excluding carboxylic acids is 2. The van der Waals surface area contributed by atoms with E-state index in [-0.39, 0.29) is 23.0 Å². The summed E-state index contributed by atoms with van der Waals surface area (Å²) in [7, 11) is 1.28. The number of methoxy groups -OCH3 is 1. The van der Waals surface area contributed by atoms with E-state index in [1.807, 2.05) is 6.92 Å². The molecule has 0 saturated carbocycles. The van der Waals surface area contributed by atoms with Crippen LogP contribution in [0.5, 0.6) is 0 Å². The molecular weight excluding hydrogens is 417 g/mol. The third kappa shape index (κ3) is 5.32. The maximum Gasteiger partial charge on any atom is 0.338 e. The molecule has 0 bridgehead atoms. The number of hydrogen-bond acceptors (Lipinski definition) is 6. The van der Waals surface area contributed by atoms with E-state index in [0.29, 0.717) is 28.6 Å². The van der Waals surface area contributed by atoms with E-state index in [9.17, 15) is 9.59 Å². The van der Waals surface area contributed by atoms with Crippen molar-refractivity contribution in [3.8, 4) is 0 Å². The number of halogens is 2. The second-order valence-corrected chi connectivity index (χ2v) is 7.37. The van der Waals surface area contributed by atoms with Crippen molar-refractivity contribution < 1.29 is 23.8 Å². The van der Waals surface area contributed by atoms with Gasteiger partial charge in [0.25, 0.3) is 0 Å². The highest BCUT2D eigenvalue weighted by atomic mass is 35.5. The summed E-state index contributed by atoms with van der Waals surface area (Å²) in [4.78, 5) is 25.5. The summed E-state index contributed by atoms with van der Waals surface area (Å²) in [5.74, 6) is -1.98. The van der Waals surface area contributed by atoms with Crippen LogP contribution in [0.25, 0.3) is 0 Å². The van der Waals surface area contributed by atoms with Crippen LogP contribution < -0.4 is 5.32 Å². The van der Waals surface area contributed by atoms with Gasteiger partial charge in [-0.2, -0.15) is 0 Å². The van der Waals surface area contributed by atoms with E-state index in [1.165, 1.54) is 7.11 Å². The first kappa shape index (κ1) is 23.3. The summed E-state index contributed by atoms with van der Waals surface area (Å²) in [6.45, 7) is 5.83. The predicted octanol–water partition coefficient (Wildman–Crippen LogP) is 4.72. The molecule has 2 rings (SSSR count). The smallest absolute Gasteiger partial charge is 0.338 e. The van der Waals surface area contributed by atoms with Crippen LogP contribution >= 0.6 is 23.2 Å². The first-order valence-electron chi connectivity index (χ1n) is 9.29. The molecule has 1 aliphatic heterocycles. The summed E-state index contributed by atoms with van der Waals surface area (Å²) in [6.07, 6.45) is 1.85. The van der Waals surface area contributed by atoms with Gasteiger partial charge in [-0.25, -0.2) is 9.59 Å². The van der Waals surface area contributed by atoms with Crippen LogP contribution in [-0.4, -0.2) is 32.4 Å². The highest BCUT2D eigenvalue weighted by molar-refractivity contribution is 6.42. The standard InChI is InChI=1S/C21H25Cl2NO5/c1-5-6-10-28-11-29-21(26)17-13(3)24-12(2)16(20(25)27-4)18(17)14-8-7-9-15(22)19(14)23/h7-9,18,24H,5-6,10-11H2,1-4H3/t18-/m1/s1. The zero-order valence-corrected chi connectivity index (χ0v) is 18.4. The lowest BCUT2D eigenvalue weighted by atomic mass is 9.80. The van der Waals surface area contributed by atoms with Gasteiger partial charge in [0.2, 0.25) is 0 Å². The number of dihydropyridines is 1. The van der Waals surface area contributed by atoms with Crippen LogP contribution in [0, 0.1) is 0 Å². The molecule has 1 aromatic carbocycles. The molecule has 1 heterocycles. The molecule has 0 spiro atoms. The highest BCUT2D eigenvalue weighted by Gasteiger charge is 2.39. The average molecular weight is 442 g/mol. The molecule has 0 unspecified atom stereocenters. The molecule has 1 aromatic rings. The van der Waals surface area contributed by atoms with Crippen molar-refractivity contribution in [3.63, 3.8) is 0 Å². The van der Waals surface area contributed by atoms with E-state index in [0.717, 1.165) is 12.8 Å². The fourth-order valence-electron chi connectivity index (χ4n) is 3.18. The Morgan fingerprint density at radius 3 is 2.38 bits per heavy atom. The van der Waals surface area contributed by atoms with Crippen LogP contribution in [0.15, 0.2) is 40.7 Å². The topological polar surface area (TPSA) is 73.9 Å². The molecule has 158 valence electrons. The molecule has 0 aromatic heterocycles. The van der Waals surface area contributed by atoms with Gasteiger partial charge in [-0.3, -0.25) is 0 Å². The Hall–Kier alpha value is -2.02. The molecule has 0 fully saturated rings. The summed E-state index contributed by atoms with van der Waals surface area (Å²) in [5.41, 5.74) is 2.14. The van der Waals surface area contributed by atoms with E-state index >= 15 is 0 Å². The first-order valence-corrected chi connectivity index (χ1v) is 10.0. The Morgan fingerprint density at radius 1 is 1.10 bits per heavy atom. The lowest BCUT2D eigenvalue weighted by Crippen LogP contribution is -2.32. The lowest BCUT2D eigenvalue weighted by molar-refractivity contribution is -0.151. The Morgan fingerprint density at radius 2 is 1.76 bits per heavy atom. The number of allylic oxidation sites excluding steroid dienone is 2. The number of ether oxygens (including phenoxy) is 3. The zero-order valence-electron chi connectivity index (χ0n) is 16.9. The summed E-state index contributed by atoms with van der Waals surface area (Å²) in [6, 6.07) is 5.07. The predicted molar refractivity (Wildman–Crippen MR) is 112 cm³/mol. The van der Waals surface area contributed by atoms with Gasteiger partial charge in [-0.15, -0.1) is 0 Å². The van der Waals surface area contributed by atoms with Gasteiger partial charge in [0.15, 0.2) is 6.79 Å². The molecule has 29 heavy (non-hydrogen) atoms. The van der Waals surface area contributed by atoms with Crippen LogP contribution in [0.3, 0.4) is 0 Å². The number of rotatable bonds is 8. The number of esters is 2. The molecule has 1 atom stereocenters. The fraction of sp³-hybridized carbons (Fsp3) is 0.429. The van der Waals surface area contributed by atoms with Gasteiger partial charge in [-0.05, 0) is 31.9 Å². The number of hydrogen-bond donors (Lipinski definition) is 1. The summed E-state index contributed by atoms with van der Waals surface area (Å²) >= 11 is 12.6. The molecule has 6 nitrogen and oxygen atoms in total. The normalized spacial score (nSPS) is 16.6. The number of carbonyl (C=O) groups is 2. The van der Waals surface area contributed by atoms with Crippen LogP contribution in [0.2, 0.25) is 10.0 Å². The maximum atomic E-state index is 12.9. The third-order valence-corrected chi connectivity index (χ3v) is 5.43. The Labute approximate surface area is 180 Å². The van der Waals surface area contributed by atoms with Crippen molar-refractivity contribution in [2.45, 2.75) is 39.5 Å². The van der Waals surface area contributed by atoms with E-state index in [1.54, 1.807) is 32.0 Å². The van der Waals surface area contributed by atoms with Crippen LogP contribution in [0.4, 0.5) is 0 Å². The second kappa shape index (κ2) is 10.7. The number of nitrogens with one attached hydrogen (secondary N) is 1. The highest BCUT2D eigenvalue weighted by Crippen LogP contribution is 2.43. The molecular formula is C21H25Cl2NO5. The molecule has 0 amide bonds. The van der Waals surface area contributed by atoms with E-state index in [2.05, 4.69) is 5.32 Å². The number of benzene rings is 1. The Bertz CT molecular complexity index is 847. The summed E-state index contributed by atoms with van der Waals surface area (Å²) in [5, 5.41) is 3.64. The molecule has 0 radical (unpaired) electrons. The van der Waals surface area contributed by atoms with Crippen LogP contribution in [-0.2, 0) is 23.8 Å². The maximum absolute atomic E-state index is 12.9. The monoisotopic (exact) mass is 441 g/mol. The van der Waals surface area contributed by atoms with Gasteiger partial charge in [0.05, 0.1) is 40.8 Å². The quantitative estimate of drug-likeness (QED) is 0.357. The van der Waals surface area contributed by atoms with E-state index < -0.39 is 17.9 Å². The molecule has 1 aliphatic rings. The summed E-state index contributed by atoms with van der Waals surface area (Å²) < 4.78 is 15.6. The third-order valence-electron chi connectivity index (χ3n) is 4.59. The Balaban J connectivity index is 2.46. The van der Waals surface area contributed by atoms with Crippen LogP contribution in [0.1, 0.15) is 45.1 Å². The second-order valence-electron chi connectivity index (χ2n) is 6.58. The van der Waals surface area contributed by atoms with E-state index in [4.69, 9.17) is 37.4 Å². The van der Waals surface area contributed by atoms with Crippen molar-refractivity contribution in [1.82, 2.24) is 5.32 Å². The molecule has 0 aliphatic carbocycles. The van der Waals surface area contributed by atoms with Crippen molar-refractivity contribution >= 4 is 35.1 Å². The van der Waals surface area contributed by atoms with Crippen molar-refractivity contribution in [2.24, 2.45) is 0 Å². The van der Waals surface area contributed by atoms with Crippen molar-refractivity contribution in [1.29, 1.82) is 0 Å². The van der Waals surface area contributed by atoms with Gasteiger partial charge >= 0.3 is 11.9 Å². The largest absolute Gasteiger partial charge is 0.466 e. The van der Waals surface area contributed by atoms with Gasteiger partial charge in [0, 0.05) is 11.4 Å². The first-order chi connectivity index (χ1) is 13.8. The van der Waals surface area contributed by atoms with Gasteiger partial charge < -0.3 is 19.5 Å². The minimum Gasteiger partial charge on any atom is -0.466 e. The molecule has 0 saturated heterocycles. The lowest BCUT2D eigenvalue weighted by Gasteiger charge is -2.30. The number of unbranched alkanes of at least 4 members (excludes halogenated alkanes) is 1. The molecule has 1 N–H and O–H groups in total. The van der Waals surface area contributed by atoms with Gasteiger partial charge in [0.1, 0.15) is 0 Å². The minimum atomic E-state index is -0.793.